The molecule has 0 heterocycles. The lowest BCUT2D eigenvalue weighted by Crippen LogP contribution is -2.34. The molecule has 30 heavy (non-hydrogen) atoms. The Labute approximate surface area is 178 Å². The summed E-state index contributed by atoms with van der Waals surface area (Å²) >= 11 is -1.87. The van der Waals surface area contributed by atoms with Gasteiger partial charge in [0.2, 0.25) is 0 Å². The van der Waals surface area contributed by atoms with Gasteiger partial charge in [0, 0.05) is 11.2 Å². The molecule has 0 aromatic heterocycles. The normalized spacial score (nSPS) is 10.8. The molecule has 0 spiro atoms. The highest BCUT2D eigenvalue weighted by molar-refractivity contribution is 7.91. The number of carboxylic acids is 2. The lowest BCUT2D eigenvalue weighted by atomic mass is 10.2. The van der Waals surface area contributed by atoms with Crippen LogP contribution in [-0.4, -0.2) is 47.8 Å². The van der Waals surface area contributed by atoms with E-state index in [0.717, 1.165) is 4.48 Å². The number of carboxylic acid groups (broad SMARTS) is 2. The largest absolute Gasteiger partial charge is 0.606 e. The van der Waals surface area contributed by atoms with Crippen molar-refractivity contribution in [3.8, 4) is 0 Å². The molecule has 0 fully saturated rings. The van der Waals surface area contributed by atoms with E-state index in [4.69, 9.17) is 10.2 Å². The molecule has 156 valence electrons. The van der Waals surface area contributed by atoms with Crippen molar-refractivity contribution in [2.24, 2.45) is 0 Å². The number of carbonyl (C=O) groups is 2. The van der Waals surface area contributed by atoms with Crippen LogP contribution in [0.2, 0.25) is 0 Å². The lowest BCUT2D eigenvalue weighted by Gasteiger charge is -2.22. The highest BCUT2D eigenvalue weighted by atomic mass is 32.2. The second kappa shape index (κ2) is 10.1. The van der Waals surface area contributed by atoms with Gasteiger partial charge in [-0.1, -0.05) is 42.5 Å². The zero-order valence-corrected chi connectivity index (χ0v) is 17.8. The molecule has 6 nitrogen and oxygen atoms in total. The van der Waals surface area contributed by atoms with Crippen LogP contribution >= 0.6 is 0 Å². The molecule has 3 rings (SSSR count). The SMILES string of the molecule is C[N+](C)(C)c1ccccc1.O=C(O)c1ccccc1[S+]([O-])c1ccccc1C(=O)O. The third kappa shape index (κ3) is 5.93. The van der Waals surface area contributed by atoms with Crippen LogP contribution in [0.25, 0.3) is 0 Å². The van der Waals surface area contributed by atoms with Gasteiger partial charge in [-0.25, -0.2) is 9.59 Å². The first-order chi connectivity index (χ1) is 14.1. The molecule has 0 aliphatic carbocycles. The molecule has 0 radical (unpaired) electrons. The Morgan fingerprint density at radius 3 is 1.40 bits per heavy atom. The number of hydrogen-bond acceptors (Lipinski definition) is 3. The average molecular weight is 427 g/mol. The maximum Gasteiger partial charge on any atom is 0.340 e. The van der Waals surface area contributed by atoms with Crippen LogP contribution in [0.4, 0.5) is 5.69 Å². The number of nitrogens with zero attached hydrogens (tertiary/aromatic N) is 1. The van der Waals surface area contributed by atoms with E-state index in [1.165, 1.54) is 42.1 Å². The van der Waals surface area contributed by atoms with Crippen molar-refractivity contribution in [2.75, 3.05) is 21.1 Å². The Balaban J connectivity index is 0.000000269. The number of benzene rings is 3. The van der Waals surface area contributed by atoms with E-state index in [1.807, 2.05) is 6.07 Å². The van der Waals surface area contributed by atoms with Crippen molar-refractivity contribution in [2.45, 2.75) is 9.79 Å². The zero-order valence-electron chi connectivity index (χ0n) is 17.0. The Morgan fingerprint density at radius 2 is 1.07 bits per heavy atom. The molecule has 0 saturated carbocycles. The van der Waals surface area contributed by atoms with Crippen molar-refractivity contribution in [1.82, 2.24) is 4.48 Å². The monoisotopic (exact) mass is 426 g/mol. The van der Waals surface area contributed by atoms with Gasteiger partial charge < -0.3 is 14.8 Å². The van der Waals surface area contributed by atoms with Gasteiger partial charge in [-0.3, -0.25) is 4.48 Å². The molecule has 3 aromatic rings. The summed E-state index contributed by atoms with van der Waals surface area (Å²) in [6, 6.07) is 22.1. The van der Waals surface area contributed by atoms with E-state index >= 15 is 0 Å². The molecule has 0 amide bonds. The fourth-order valence-electron chi connectivity index (χ4n) is 2.60. The topological polar surface area (TPSA) is 97.7 Å². The average Bonchev–Trinajstić information content (AvgIpc) is 2.73. The standard InChI is InChI=1S/C14H10O5S.C9H14N/c15-13(16)9-5-1-3-7-11(9)20(19)12-8-4-2-6-10(12)14(17)18;1-10(2,3)9-7-5-4-6-8-9/h1-8H,(H,15,16)(H,17,18);4-8H,1-3H3/q;+1. The first-order valence-electron chi connectivity index (χ1n) is 9.06. The maximum atomic E-state index is 12.5. The molecule has 0 aliphatic heterocycles. The van der Waals surface area contributed by atoms with E-state index in [-0.39, 0.29) is 20.9 Å². The summed E-state index contributed by atoms with van der Waals surface area (Å²) in [5, 5.41) is 18.2. The van der Waals surface area contributed by atoms with E-state index in [1.54, 1.807) is 12.1 Å². The third-order valence-electron chi connectivity index (χ3n) is 4.17. The Bertz CT molecular complexity index is 958. The molecular weight excluding hydrogens is 402 g/mol. The minimum atomic E-state index is -1.87. The second-order valence-electron chi connectivity index (χ2n) is 7.22. The smallest absolute Gasteiger partial charge is 0.340 e. The predicted molar refractivity (Wildman–Crippen MR) is 117 cm³/mol. The molecule has 0 aliphatic rings. The van der Waals surface area contributed by atoms with Crippen LogP contribution in [0.5, 0.6) is 0 Å². The summed E-state index contributed by atoms with van der Waals surface area (Å²) in [6.45, 7) is 0. The molecule has 7 heteroatoms. The molecule has 0 atom stereocenters. The maximum absolute atomic E-state index is 12.5. The van der Waals surface area contributed by atoms with Crippen LogP contribution < -0.4 is 4.48 Å². The van der Waals surface area contributed by atoms with Crippen molar-refractivity contribution in [1.29, 1.82) is 0 Å². The minimum Gasteiger partial charge on any atom is -0.606 e. The summed E-state index contributed by atoms with van der Waals surface area (Å²) in [6.07, 6.45) is 0. The lowest BCUT2D eigenvalue weighted by molar-refractivity contribution is 0.0683. The fourth-order valence-corrected chi connectivity index (χ4v) is 3.96. The van der Waals surface area contributed by atoms with Gasteiger partial charge >= 0.3 is 11.9 Å². The molecule has 0 unspecified atom stereocenters. The van der Waals surface area contributed by atoms with Gasteiger partial charge in [0.25, 0.3) is 0 Å². The zero-order chi connectivity index (χ0) is 22.3. The highest BCUT2D eigenvalue weighted by Crippen LogP contribution is 2.26. The third-order valence-corrected chi connectivity index (χ3v) is 5.68. The molecule has 3 aromatic carbocycles. The van der Waals surface area contributed by atoms with Crippen LogP contribution in [0.1, 0.15) is 20.7 Å². The van der Waals surface area contributed by atoms with Crippen LogP contribution in [0.15, 0.2) is 88.7 Å². The fraction of sp³-hybridized carbons (Fsp3) is 0.130. The highest BCUT2D eigenvalue weighted by Gasteiger charge is 2.26. The predicted octanol–water partition coefficient (Wildman–Crippen LogP) is 4.13. The summed E-state index contributed by atoms with van der Waals surface area (Å²) in [4.78, 5) is 22.4. The van der Waals surface area contributed by atoms with Gasteiger partial charge in [0.15, 0.2) is 9.79 Å². The summed E-state index contributed by atoms with van der Waals surface area (Å²) < 4.78 is 13.4. The van der Waals surface area contributed by atoms with Crippen molar-refractivity contribution in [3.63, 3.8) is 0 Å². The number of quaternary nitrogens is 1. The number of aromatic carboxylic acids is 2. The quantitative estimate of drug-likeness (QED) is 0.472. The Morgan fingerprint density at radius 1 is 0.700 bits per heavy atom. The molecule has 0 bridgehead atoms. The van der Waals surface area contributed by atoms with Crippen molar-refractivity contribution < 1.29 is 24.4 Å². The van der Waals surface area contributed by atoms with E-state index in [2.05, 4.69) is 45.4 Å². The van der Waals surface area contributed by atoms with Crippen molar-refractivity contribution >= 4 is 28.8 Å². The number of para-hydroxylation sites is 1. The second-order valence-corrected chi connectivity index (χ2v) is 8.64. The Hall–Kier alpha value is -3.13. The molecule has 2 N–H and O–H groups in total. The first-order valence-corrected chi connectivity index (χ1v) is 10.2. The summed E-state index contributed by atoms with van der Waals surface area (Å²) in [5.74, 6) is -2.41. The molecular formula is C23H24NO5S+. The Kier molecular flexibility index (Phi) is 7.77. The summed E-state index contributed by atoms with van der Waals surface area (Å²) in [7, 11) is 6.49. The minimum absolute atomic E-state index is 0.0775. The van der Waals surface area contributed by atoms with Gasteiger partial charge in [0.05, 0.1) is 21.1 Å². The van der Waals surface area contributed by atoms with Crippen LogP contribution in [-0.2, 0) is 11.2 Å². The van der Waals surface area contributed by atoms with E-state index in [0.29, 0.717) is 0 Å². The molecule has 0 saturated heterocycles. The van der Waals surface area contributed by atoms with Gasteiger partial charge in [-0.2, -0.15) is 0 Å². The first kappa shape index (κ1) is 23.2. The van der Waals surface area contributed by atoms with Gasteiger partial charge in [0.1, 0.15) is 16.8 Å². The summed E-state index contributed by atoms with van der Waals surface area (Å²) in [5.41, 5.74) is 1.12. The van der Waals surface area contributed by atoms with Gasteiger partial charge in [-0.15, -0.1) is 0 Å². The van der Waals surface area contributed by atoms with E-state index in [9.17, 15) is 14.1 Å². The van der Waals surface area contributed by atoms with Crippen molar-refractivity contribution in [3.05, 3.63) is 90.0 Å². The number of rotatable bonds is 5. The van der Waals surface area contributed by atoms with Crippen LogP contribution in [0.3, 0.4) is 0 Å². The number of hydrogen-bond donors (Lipinski definition) is 2. The van der Waals surface area contributed by atoms with E-state index < -0.39 is 23.1 Å². The van der Waals surface area contributed by atoms with Gasteiger partial charge in [-0.05, 0) is 36.4 Å². The van der Waals surface area contributed by atoms with Crippen LogP contribution in [0, 0.1) is 0 Å².